The Morgan fingerprint density at radius 2 is 1.89 bits per heavy atom. The number of rotatable bonds is 5. The zero-order valence-electron chi connectivity index (χ0n) is 16.3. The SMILES string of the molecule is Cc1cc(N2CCC(Nc3ccnc(N4CCOCC4)n3)C2)nc(C2CC2)n1. The summed E-state index contributed by atoms with van der Waals surface area (Å²) < 4.78 is 5.42. The van der Waals surface area contributed by atoms with Crippen molar-refractivity contribution in [3.05, 3.63) is 29.8 Å². The van der Waals surface area contributed by atoms with Crippen molar-refractivity contribution in [2.75, 3.05) is 54.5 Å². The van der Waals surface area contributed by atoms with Gasteiger partial charge in [-0.1, -0.05) is 0 Å². The van der Waals surface area contributed by atoms with Crippen LogP contribution in [-0.4, -0.2) is 65.4 Å². The standard InChI is InChI=1S/C20H27N7O/c1-14-12-18(25-19(22-14)15-2-3-15)27-7-5-16(13-27)23-17-4-6-21-20(24-17)26-8-10-28-11-9-26/h4,6,12,15-16H,2-3,5,7-11,13H2,1H3,(H,21,23,24). The number of morpholine rings is 1. The van der Waals surface area contributed by atoms with E-state index >= 15 is 0 Å². The minimum absolute atomic E-state index is 0.354. The second-order valence-electron chi connectivity index (χ2n) is 7.92. The van der Waals surface area contributed by atoms with Gasteiger partial charge in [0, 0.05) is 56.1 Å². The average Bonchev–Trinajstić information content (AvgIpc) is 3.48. The lowest BCUT2D eigenvalue weighted by Gasteiger charge is -2.27. The molecule has 2 aromatic rings. The summed E-state index contributed by atoms with van der Waals surface area (Å²) in [4.78, 5) is 23.2. The van der Waals surface area contributed by atoms with Crippen LogP contribution in [0.3, 0.4) is 0 Å². The fourth-order valence-corrected chi connectivity index (χ4v) is 3.90. The van der Waals surface area contributed by atoms with Crippen molar-refractivity contribution in [2.24, 2.45) is 0 Å². The topological polar surface area (TPSA) is 79.3 Å². The summed E-state index contributed by atoms with van der Waals surface area (Å²) in [6.45, 7) is 7.15. The molecule has 28 heavy (non-hydrogen) atoms. The lowest BCUT2D eigenvalue weighted by atomic mass is 10.2. The number of aryl methyl sites for hydroxylation is 1. The van der Waals surface area contributed by atoms with Gasteiger partial charge in [-0.15, -0.1) is 0 Å². The first-order valence-electron chi connectivity index (χ1n) is 10.3. The molecular weight excluding hydrogens is 354 g/mol. The molecular formula is C20H27N7O. The van der Waals surface area contributed by atoms with Crippen molar-refractivity contribution in [1.29, 1.82) is 0 Å². The van der Waals surface area contributed by atoms with E-state index in [0.29, 0.717) is 12.0 Å². The van der Waals surface area contributed by atoms with Crippen LogP contribution in [0, 0.1) is 6.92 Å². The predicted octanol–water partition coefficient (Wildman–Crippen LogP) is 1.98. The van der Waals surface area contributed by atoms with Gasteiger partial charge in [0.05, 0.1) is 13.2 Å². The number of aromatic nitrogens is 4. The first kappa shape index (κ1) is 17.6. The molecule has 2 saturated heterocycles. The molecule has 1 aliphatic carbocycles. The molecule has 0 spiro atoms. The summed E-state index contributed by atoms with van der Waals surface area (Å²) in [5.41, 5.74) is 1.06. The fraction of sp³-hybridized carbons (Fsp3) is 0.600. The van der Waals surface area contributed by atoms with Gasteiger partial charge in [0.2, 0.25) is 5.95 Å². The molecule has 0 bridgehead atoms. The second kappa shape index (κ2) is 7.50. The zero-order chi connectivity index (χ0) is 18.9. The maximum absolute atomic E-state index is 5.42. The van der Waals surface area contributed by atoms with Gasteiger partial charge in [0.15, 0.2) is 0 Å². The molecule has 8 heteroatoms. The molecule has 2 aromatic heterocycles. The summed E-state index contributed by atoms with van der Waals surface area (Å²) in [6.07, 6.45) is 5.36. The number of nitrogens with one attached hydrogen (secondary N) is 1. The molecule has 1 saturated carbocycles. The van der Waals surface area contributed by atoms with Crippen molar-refractivity contribution >= 4 is 17.6 Å². The van der Waals surface area contributed by atoms with Crippen LogP contribution in [-0.2, 0) is 4.74 Å². The number of hydrogen-bond donors (Lipinski definition) is 1. The minimum atomic E-state index is 0.354. The Hall–Kier alpha value is -2.48. The van der Waals surface area contributed by atoms with Crippen LogP contribution in [0.25, 0.3) is 0 Å². The third-order valence-electron chi connectivity index (χ3n) is 5.60. The summed E-state index contributed by atoms with van der Waals surface area (Å²) in [6, 6.07) is 4.41. The van der Waals surface area contributed by atoms with Gasteiger partial charge in [-0.2, -0.15) is 4.98 Å². The van der Waals surface area contributed by atoms with Crippen LogP contribution in [0.2, 0.25) is 0 Å². The molecule has 0 aromatic carbocycles. The molecule has 1 unspecified atom stereocenters. The molecule has 4 heterocycles. The molecule has 148 valence electrons. The third kappa shape index (κ3) is 3.87. The van der Waals surface area contributed by atoms with E-state index in [1.807, 2.05) is 12.3 Å². The van der Waals surface area contributed by atoms with E-state index in [1.54, 1.807) is 0 Å². The van der Waals surface area contributed by atoms with Crippen LogP contribution in [0.5, 0.6) is 0 Å². The molecule has 3 fully saturated rings. The zero-order valence-corrected chi connectivity index (χ0v) is 16.3. The summed E-state index contributed by atoms with van der Waals surface area (Å²) >= 11 is 0. The highest BCUT2D eigenvalue weighted by Crippen LogP contribution is 2.38. The van der Waals surface area contributed by atoms with E-state index in [-0.39, 0.29) is 0 Å². The summed E-state index contributed by atoms with van der Waals surface area (Å²) in [7, 11) is 0. The average molecular weight is 381 g/mol. The highest BCUT2D eigenvalue weighted by Gasteiger charge is 2.29. The van der Waals surface area contributed by atoms with E-state index < -0.39 is 0 Å². The minimum Gasteiger partial charge on any atom is -0.378 e. The Morgan fingerprint density at radius 3 is 2.71 bits per heavy atom. The second-order valence-corrected chi connectivity index (χ2v) is 7.92. The maximum atomic E-state index is 5.42. The molecule has 2 aliphatic heterocycles. The Bertz CT molecular complexity index is 835. The highest BCUT2D eigenvalue weighted by molar-refractivity contribution is 5.46. The van der Waals surface area contributed by atoms with E-state index in [2.05, 4.69) is 38.1 Å². The number of hydrogen-bond acceptors (Lipinski definition) is 8. The molecule has 1 atom stereocenters. The smallest absolute Gasteiger partial charge is 0.227 e. The Labute approximate surface area is 165 Å². The lowest BCUT2D eigenvalue weighted by Crippen LogP contribution is -2.37. The molecule has 3 aliphatic rings. The largest absolute Gasteiger partial charge is 0.378 e. The van der Waals surface area contributed by atoms with Gasteiger partial charge in [-0.25, -0.2) is 15.0 Å². The Balaban J connectivity index is 1.24. The molecule has 0 radical (unpaired) electrons. The van der Waals surface area contributed by atoms with Crippen LogP contribution in [0.1, 0.15) is 36.7 Å². The van der Waals surface area contributed by atoms with Crippen molar-refractivity contribution in [3.63, 3.8) is 0 Å². The van der Waals surface area contributed by atoms with Gasteiger partial charge < -0.3 is 19.9 Å². The van der Waals surface area contributed by atoms with Crippen LogP contribution in [0.15, 0.2) is 18.3 Å². The predicted molar refractivity (Wildman–Crippen MR) is 108 cm³/mol. The third-order valence-corrected chi connectivity index (χ3v) is 5.60. The van der Waals surface area contributed by atoms with Gasteiger partial charge in [0.1, 0.15) is 17.5 Å². The van der Waals surface area contributed by atoms with Gasteiger partial charge in [-0.05, 0) is 32.3 Å². The van der Waals surface area contributed by atoms with Crippen molar-refractivity contribution in [3.8, 4) is 0 Å². The summed E-state index contributed by atoms with van der Waals surface area (Å²) in [5, 5.41) is 3.59. The van der Waals surface area contributed by atoms with Crippen LogP contribution in [0.4, 0.5) is 17.6 Å². The van der Waals surface area contributed by atoms with Crippen molar-refractivity contribution < 1.29 is 4.74 Å². The normalized spacial score (nSPS) is 22.5. The van der Waals surface area contributed by atoms with Crippen molar-refractivity contribution in [1.82, 2.24) is 19.9 Å². The maximum Gasteiger partial charge on any atom is 0.227 e. The van der Waals surface area contributed by atoms with E-state index in [1.165, 1.54) is 12.8 Å². The first-order valence-corrected chi connectivity index (χ1v) is 10.3. The van der Waals surface area contributed by atoms with Gasteiger partial charge >= 0.3 is 0 Å². The lowest BCUT2D eigenvalue weighted by molar-refractivity contribution is 0.122. The fourth-order valence-electron chi connectivity index (χ4n) is 3.90. The quantitative estimate of drug-likeness (QED) is 0.842. The van der Waals surface area contributed by atoms with Gasteiger partial charge in [-0.3, -0.25) is 0 Å². The number of anilines is 3. The Kier molecular flexibility index (Phi) is 4.72. The van der Waals surface area contributed by atoms with E-state index in [9.17, 15) is 0 Å². The van der Waals surface area contributed by atoms with Crippen LogP contribution < -0.4 is 15.1 Å². The molecule has 1 N–H and O–H groups in total. The Morgan fingerprint density at radius 1 is 1.04 bits per heavy atom. The molecule has 8 nitrogen and oxygen atoms in total. The van der Waals surface area contributed by atoms with Crippen LogP contribution >= 0.6 is 0 Å². The van der Waals surface area contributed by atoms with E-state index in [0.717, 1.165) is 74.9 Å². The monoisotopic (exact) mass is 381 g/mol. The molecule has 5 rings (SSSR count). The van der Waals surface area contributed by atoms with E-state index in [4.69, 9.17) is 14.7 Å². The number of ether oxygens (including phenoxy) is 1. The first-order chi connectivity index (χ1) is 13.7. The highest BCUT2D eigenvalue weighted by atomic mass is 16.5. The molecule has 0 amide bonds. The summed E-state index contributed by atoms with van der Waals surface area (Å²) in [5.74, 6) is 4.34. The van der Waals surface area contributed by atoms with Crippen molar-refractivity contribution in [2.45, 2.75) is 38.1 Å². The van der Waals surface area contributed by atoms with Gasteiger partial charge in [0.25, 0.3) is 0 Å². The number of nitrogens with zero attached hydrogens (tertiary/aromatic N) is 6.